The van der Waals surface area contributed by atoms with E-state index in [9.17, 15) is 14.7 Å². The molecule has 2 rings (SSSR count). The molecule has 1 aromatic rings. The minimum Gasteiger partial charge on any atom is -0.506 e. The zero-order valence-corrected chi connectivity index (χ0v) is 14.3. The van der Waals surface area contributed by atoms with E-state index in [-0.39, 0.29) is 29.7 Å². The van der Waals surface area contributed by atoms with Crippen LogP contribution in [0.25, 0.3) is 0 Å². The van der Waals surface area contributed by atoms with Crippen LogP contribution in [0.2, 0.25) is 0 Å². The first-order chi connectivity index (χ1) is 8.99. The molecule has 1 aliphatic heterocycles. The van der Waals surface area contributed by atoms with Crippen LogP contribution in [0.15, 0.2) is 12.1 Å². The fraction of sp³-hybridized carbons (Fsp3) is 0.333. The number of nitrogens with one attached hydrogen (secondary N) is 1. The Morgan fingerprint density at radius 2 is 2.11 bits per heavy atom. The van der Waals surface area contributed by atoms with Crippen LogP contribution in [0.5, 0.6) is 5.75 Å². The lowest BCUT2D eigenvalue weighted by Gasteiger charge is -2.20. The number of amides is 2. The van der Waals surface area contributed by atoms with Gasteiger partial charge in [-0.2, -0.15) is 0 Å². The summed E-state index contributed by atoms with van der Waals surface area (Å²) >= 11 is 4.08. The topological polar surface area (TPSA) is 69.6 Å². The van der Waals surface area contributed by atoms with Crippen molar-refractivity contribution < 1.29 is 14.7 Å². The Morgan fingerprint density at radius 3 is 2.84 bits per heavy atom. The molecule has 5 nitrogen and oxygen atoms in total. The SMILES string of the molecule is O=C1CN(C(=O)c2cc(I)cc(I)c2O)CCCN1. The summed E-state index contributed by atoms with van der Waals surface area (Å²) in [6.07, 6.45) is 0.721. The molecular formula is C12H12I2N2O3. The van der Waals surface area contributed by atoms with Crippen LogP contribution in [-0.4, -0.2) is 41.5 Å². The number of nitrogens with zero attached hydrogens (tertiary/aromatic N) is 1. The second kappa shape index (κ2) is 6.25. The van der Waals surface area contributed by atoms with E-state index in [1.165, 1.54) is 4.90 Å². The van der Waals surface area contributed by atoms with Gasteiger partial charge < -0.3 is 15.3 Å². The third-order valence-corrected chi connectivity index (χ3v) is 4.25. The standard InChI is InChI=1S/C12H12I2N2O3/c13-7-4-8(11(18)9(14)5-7)12(19)16-3-1-2-15-10(17)6-16/h4-5,18H,1-3,6H2,(H,15,17). The molecule has 1 aliphatic rings. The van der Waals surface area contributed by atoms with Crippen molar-refractivity contribution >= 4 is 57.0 Å². The molecule has 0 aromatic heterocycles. The quantitative estimate of drug-likeness (QED) is 0.593. The van der Waals surface area contributed by atoms with Gasteiger partial charge in [0.05, 0.1) is 15.7 Å². The average Bonchev–Trinajstić information content (AvgIpc) is 2.57. The highest BCUT2D eigenvalue weighted by atomic mass is 127. The van der Waals surface area contributed by atoms with Crippen molar-refractivity contribution in [3.8, 4) is 5.75 Å². The van der Waals surface area contributed by atoms with Gasteiger partial charge in [-0.05, 0) is 63.7 Å². The Bertz CT molecular complexity index is 534. The Hall–Kier alpha value is -0.580. The van der Waals surface area contributed by atoms with E-state index < -0.39 is 0 Å². The lowest BCUT2D eigenvalue weighted by atomic mass is 10.1. The minimum atomic E-state index is -0.300. The molecule has 0 spiro atoms. The molecule has 19 heavy (non-hydrogen) atoms. The summed E-state index contributed by atoms with van der Waals surface area (Å²) in [4.78, 5) is 25.4. The van der Waals surface area contributed by atoms with Gasteiger partial charge >= 0.3 is 0 Å². The summed E-state index contributed by atoms with van der Waals surface area (Å²) in [5, 5.41) is 12.7. The van der Waals surface area contributed by atoms with Gasteiger partial charge in [-0.15, -0.1) is 0 Å². The summed E-state index contributed by atoms with van der Waals surface area (Å²) < 4.78 is 1.51. The van der Waals surface area contributed by atoms with Gasteiger partial charge in [0.25, 0.3) is 5.91 Å². The molecule has 7 heteroatoms. The number of phenols is 1. The maximum Gasteiger partial charge on any atom is 0.258 e. The fourth-order valence-electron chi connectivity index (χ4n) is 1.88. The number of benzene rings is 1. The Balaban J connectivity index is 2.30. The van der Waals surface area contributed by atoms with Gasteiger partial charge in [-0.3, -0.25) is 9.59 Å². The van der Waals surface area contributed by atoms with Crippen LogP contribution < -0.4 is 5.32 Å². The van der Waals surface area contributed by atoms with Crippen molar-refractivity contribution in [2.24, 2.45) is 0 Å². The van der Waals surface area contributed by atoms with Gasteiger partial charge in [-0.1, -0.05) is 0 Å². The number of hydrogen-bond acceptors (Lipinski definition) is 3. The smallest absolute Gasteiger partial charge is 0.258 e. The average molecular weight is 486 g/mol. The number of phenolic OH excluding ortho intramolecular Hbond substituents is 1. The molecule has 1 heterocycles. The van der Waals surface area contributed by atoms with E-state index in [2.05, 4.69) is 27.9 Å². The van der Waals surface area contributed by atoms with Gasteiger partial charge in [0.2, 0.25) is 5.91 Å². The van der Waals surface area contributed by atoms with Crippen LogP contribution in [0.4, 0.5) is 0 Å². The van der Waals surface area contributed by atoms with Crippen LogP contribution >= 0.6 is 45.2 Å². The largest absolute Gasteiger partial charge is 0.506 e. The number of halogens is 2. The highest BCUT2D eigenvalue weighted by Crippen LogP contribution is 2.28. The second-order valence-electron chi connectivity index (χ2n) is 4.21. The zero-order valence-electron chi connectivity index (χ0n) is 9.95. The molecule has 0 atom stereocenters. The molecule has 0 unspecified atom stereocenters. The van der Waals surface area contributed by atoms with E-state index in [4.69, 9.17) is 0 Å². The number of carbonyl (C=O) groups is 2. The monoisotopic (exact) mass is 486 g/mol. The number of rotatable bonds is 1. The molecule has 2 amide bonds. The molecule has 1 fully saturated rings. The fourth-order valence-corrected chi connectivity index (χ4v) is 3.72. The van der Waals surface area contributed by atoms with E-state index >= 15 is 0 Å². The Kier molecular flexibility index (Phi) is 4.87. The molecule has 0 bridgehead atoms. The third-order valence-electron chi connectivity index (χ3n) is 2.81. The van der Waals surface area contributed by atoms with Gasteiger partial charge in [0.1, 0.15) is 5.75 Å². The van der Waals surface area contributed by atoms with Crippen LogP contribution in [0.3, 0.4) is 0 Å². The number of carbonyl (C=O) groups excluding carboxylic acids is 2. The van der Waals surface area contributed by atoms with Crippen molar-refractivity contribution in [3.63, 3.8) is 0 Å². The van der Waals surface area contributed by atoms with Crippen molar-refractivity contribution in [2.75, 3.05) is 19.6 Å². The summed E-state index contributed by atoms with van der Waals surface area (Å²) in [6, 6.07) is 3.44. The van der Waals surface area contributed by atoms with Gasteiger partial charge in [0, 0.05) is 16.7 Å². The second-order valence-corrected chi connectivity index (χ2v) is 6.62. The van der Waals surface area contributed by atoms with E-state index in [1.54, 1.807) is 12.1 Å². The van der Waals surface area contributed by atoms with E-state index in [0.29, 0.717) is 16.7 Å². The van der Waals surface area contributed by atoms with Crippen molar-refractivity contribution in [1.29, 1.82) is 0 Å². The highest BCUT2D eigenvalue weighted by molar-refractivity contribution is 14.1. The lowest BCUT2D eigenvalue weighted by Crippen LogP contribution is -2.37. The molecule has 2 N–H and O–H groups in total. The van der Waals surface area contributed by atoms with Crippen LogP contribution in [0.1, 0.15) is 16.8 Å². The lowest BCUT2D eigenvalue weighted by molar-refractivity contribution is -0.121. The maximum absolute atomic E-state index is 12.4. The first kappa shape index (κ1) is 14.8. The van der Waals surface area contributed by atoms with Gasteiger partial charge in [-0.25, -0.2) is 0 Å². The first-order valence-electron chi connectivity index (χ1n) is 5.73. The predicted octanol–water partition coefficient (Wildman–Crippen LogP) is 1.56. The van der Waals surface area contributed by atoms with Crippen LogP contribution in [0, 0.1) is 7.14 Å². The normalized spacial score (nSPS) is 15.9. The van der Waals surface area contributed by atoms with E-state index in [0.717, 1.165) is 9.99 Å². The summed E-state index contributed by atoms with van der Waals surface area (Å²) in [5.74, 6) is -0.479. The molecule has 0 radical (unpaired) electrons. The van der Waals surface area contributed by atoms with Gasteiger partial charge in [0.15, 0.2) is 0 Å². The first-order valence-corrected chi connectivity index (χ1v) is 7.89. The molecular weight excluding hydrogens is 474 g/mol. The molecule has 0 saturated carbocycles. The minimum absolute atomic E-state index is 0.0179. The predicted molar refractivity (Wildman–Crippen MR) is 87.1 cm³/mol. The van der Waals surface area contributed by atoms with Crippen molar-refractivity contribution in [3.05, 3.63) is 24.8 Å². The molecule has 0 aliphatic carbocycles. The Labute approximate surface area is 138 Å². The number of hydrogen-bond donors (Lipinski definition) is 2. The van der Waals surface area contributed by atoms with E-state index in [1.807, 2.05) is 22.6 Å². The van der Waals surface area contributed by atoms with Crippen molar-refractivity contribution in [1.82, 2.24) is 10.2 Å². The maximum atomic E-state index is 12.4. The summed E-state index contributed by atoms with van der Waals surface area (Å²) in [7, 11) is 0. The third kappa shape index (κ3) is 3.50. The Morgan fingerprint density at radius 1 is 1.37 bits per heavy atom. The molecule has 1 aromatic carbocycles. The molecule has 1 saturated heterocycles. The zero-order chi connectivity index (χ0) is 14.0. The molecule has 102 valence electrons. The van der Waals surface area contributed by atoms with Crippen LogP contribution in [-0.2, 0) is 4.79 Å². The highest BCUT2D eigenvalue weighted by Gasteiger charge is 2.24. The van der Waals surface area contributed by atoms with Crippen molar-refractivity contribution in [2.45, 2.75) is 6.42 Å². The number of aromatic hydroxyl groups is 1. The summed E-state index contributed by atoms with van der Waals surface area (Å²) in [6.45, 7) is 1.14. The summed E-state index contributed by atoms with van der Waals surface area (Å²) in [5.41, 5.74) is 0.256.